The second kappa shape index (κ2) is 6.20. The molecule has 0 bridgehead atoms. The van der Waals surface area contributed by atoms with Crippen molar-refractivity contribution in [3.8, 4) is 0 Å². The molecule has 6 heteroatoms. The molecular formula is C16H20N3O2S-. The van der Waals surface area contributed by atoms with Gasteiger partial charge in [-0.25, -0.2) is 9.97 Å². The Kier molecular flexibility index (Phi) is 4.29. The van der Waals surface area contributed by atoms with Crippen LogP contribution in [0.4, 0.5) is 5.82 Å². The third-order valence-electron chi connectivity index (χ3n) is 4.12. The van der Waals surface area contributed by atoms with Crippen LogP contribution in [0.3, 0.4) is 0 Å². The van der Waals surface area contributed by atoms with Crippen molar-refractivity contribution in [3.05, 3.63) is 16.3 Å². The molecule has 0 aliphatic heterocycles. The van der Waals surface area contributed by atoms with Crippen molar-refractivity contribution in [3.63, 3.8) is 0 Å². The number of carbonyl (C=O) groups is 1. The molecular weight excluding hydrogens is 298 g/mol. The Morgan fingerprint density at radius 3 is 3.05 bits per heavy atom. The summed E-state index contributed by atoms with van der Waals surface area (Å²) in [7, 11) is 0. The number of hydrogen-bond acceptors (Lipinski definition) is 6. The molecule has 2 aromatic heterocycles. The second-order valence-corrected chi connectivity index (χ2v) is 7.14. The number of rotatable bonds is 5. The maximum Gasteiger partial charge on any atom is 0.138 e. The zero-order valence-electron chi connectivity index (χ0n) is 12.9. The van der Waals surface area contributed by atoms with E-state index in [0.717, 1.165) is 40.6 Å². The lowest BCUT2D eigenvalue weighted by Crippen LogP contribution is -2.22. The highest BCUT2D eigenvalue weighted by atomic mass is 32.1. The monoisotopic (exact) mass is 318 g/mol. The molecule has 1 atom stereocenters. The largest absolute Gasteiger partial charge is 0.550 e. The van der Waals surface area contributed by atoms with Crippen LogP contribution in [0.25, 0.3) is 10.2 Å². The van der Waals surface area contributed by atoms with Gasteiger partial charge in [-0.2, -0.15) is 0 Å². The van der Waals surface area contributed by atoms with E-state index in [1.807, 2.05) is 6.92 Å². The van der Waals surface area contributed by atoms with Gasteiger partial charge in [0.25, 0.3) is 0 Å². The normalized spacial score (nSPS) is 17.5. The van der Waals surface area contributed by atoms with Crippen LogP contribution in [0.2, 0.25) is 0 Å². The average Bonchev–Trinajstić information content (AvgIpc) is 2.79. The van der Waals surface area contributed by atoms with Gasteiger partial charge in [0.2, 0.25) is 0 Å². The summed E-state index contributed by atoms with van der Waals surface area (Å²) < 4.78 is 0. The lowest BCUT2D eigenvalue weighted by atomic mass is 9.89. The number of thiophene rings is 1. The fourth-order valence-corrected chi connectivity index (χ4v) is 4.44. The Balaban J connectivity index is 1.90. The second-order valence-electron chi connectivity index (χ2n) is 6.05. The summed E-state index contributed by atoms with van der Waals surface area (Å²) in [6.45, 7) is 4.77. The maximum atomic E-state index is 10.5. The lowest BCUT2D eigenvalue weighted by Gasteiger charge is -2.18. The van der Waals surface area contributed by atoms with Crippen LogP contribution in [-0.4, -0.2) is 22.5 Å². The standard InChI is InChI=1S/C16H21N3O2S/c1-9-5-6-11-12(8-9)22-16-14(11)15(18-10(2)19-16)17-7-3-4-13(20)21/h9H,3-8H2,1-2H3,(H,20,21)(H,17,18,19)/p-1/t9-/m1/s1. The van der Waals surface area contributed by atoms with Gasteiger partial charge >= 0.3 is 0 Å². The molecule has 1 aliphatic carbocycles. The highest BCUT2D eigenvalue weighted by molar-refractivity contribution is 7.19. The van der Waals surface area contributed by atoms with Gasteiger partial charge in [-0.1, -0.05) is 6.92 Å². The van der Waals surface area contributed by atoms with Gasteiger partial charge in [0.05, 0.1) is 5.39 Å². The number of carbonyl (C=O) groups excluding carboxylic acids is 1. The Hall–Kier alpha value is -1.69. The molecule has 22 heavy (non-hydrogen) atoms. The molecule has 0 saturated heterocycles. The van der Waals surface area contributed by atoms with Gasteiger partial charge < -0.3 is 15.2 Å². The van der Waals surface area contributed by atoms with Gasteiger partial charge in [0, 0.05) is 17.4 Å². The number of carboxylic acid groups (broad SMARTS) is 1. The van der Waals surface area contributed by atoms with E-state index in [9.17, 15) is 9.90 Å². The number of nitrogens with one attached hydrogen (secondary N) is 1. The summed E-state index contributed by atoms with van der Waals surface area (Å²) in [5.41, 5.74) is 1.39. The quantitative estimate of drug-likeness (QED) is 0.854. The number of aliphatic carboxylic acids is 1. The molecule has 0 saturated carbocycles. The smallest absolute Gasteiger partial charge is 0.138 e. The summed E-state index contributed by atoms with van der Waals surface area (Å²) in [6, 6.07) is 0. The van der Waals surface area contributed by atoms with Gasteiger partial charge in [-0.15, -0.1) is 11.3 Å². The molecule has 1 aliphatic rings. The first kappa shape index (κ1) is 15.2. The highest BCUT2D eigenvalue weighted by Gasteiger charge is 2.23. The molecule has 2 heterocycles. The van der Waals surface area contributed by atoms with E-state index in [-0.39, 0.29) is 6.42 Å². The van der Waals surface area contributed by atoms with E-state index in [0.29, 0.717) is 13.0 Å². The van der Waals surface area contributed by atoms with Gasteiger partial charge in [0.1, 0.15) is 16.5 Å². The van der Waals surface area contributed by atoms with Crippen molar-refractivity contribution >= 4 is 33.3 Å². The number of nitrogens with zero attached hydrogens (tertiary/aromatic N) is 2. The number of carboxylic acids is 1. The fourth-order valence-electron chi connectivity index (χ4n) is 3.02. The van der Waals surface area contributed by atoms with Crippen LogP contribution >= 0.6 is 11.3 Å². The topological polar surface area (TPSA) is 77.9 Å². The van der Waals surface area contributed by atoms with Crippen molar-refractivity contribution < 1.29 is 9.90 Å². The van der Waals surface area contributed by atoms with Crippen LogP contribution < -0.4 is 10.4 Å². The Morgan fingerprint density at radius 2 is 2.27 bits per heavy atom. The van der Waals surface area contributed by atoms with Crippen molar-refractivity contribution in [2.75, 3.05) is 11.9 Å². The molecule has 3 rings (SSSR count). The zero-order chi connectivity index (χ0) is 15.7. The van der Waals surface area contributed by atoms with Crippen LogP contribution in [0, 0.1) is 12.8 Å². The summed E-state index contributed by atoms with van der Waals surface area (Å²) in [4.78, 5) is 22.1. The summed E-state index contributed by atoms with van der Waals surface area (Å²) in [5.74, 6) is 1.33. The summed E-state index contributed by atoms with van der Waals surface area (Å²) >= 11 is 1.78. The Bertz CT molecular complexity index is 711. The first-order valence-electron chi connectivity index (χ1n) is 7.77. The molecule has 0 amide bonds. The Labute approximate surface area is 133 Å². The van der Waals surface area contributed by atoms with Crippen LogP contribution in [0.5, 0.6) is 0 Å². The van der Waals surface area contributed by atoms with Crippen LogP contribution in [0.15, 0.2) is 0 Å². The highest BCUT2D eigenvalue weighted by Crippen LogP contribution is 2.39. The molecule has 0 unspecified atom stereocenters. The van der Waals surface area contributed by atoms with E-state index in [4.69, 9.17) is 0 Å². The minimum atomic E-state index is -1.01. The van der Waals surface area contributed by atoms with Crippen LogP contribution in [-0.2, 0) is 17.6 Å². The third-order valence-corrected chi connectivity index (χ3v) is 5.27. The summed E-state index contributed by atoms with van der Waals surface area (Å²) in [5, 5.41) is 14.9. The molecule has 0 spiro atoms. The number of aryl methyl sites for hydroxylation is 2. The number of hydrogen-bond donors (Lipinski definition) is 1. The van der Waals surface area contributed by atoms with Crippen molar-refractivity contribution in [2.24, 2.45) is 5.92 Å². The molecule has 0 radical (unpaired) electrons. The molecule has 5 nitrogen and oxygen atoms in total. The minimum Gasteiger partial charge on any atom is -0.550 e. The third kappa shape index (κ3) is 3.06. The van der Waals surface area contributed by atoms with Gasteiger partial charge in [-0.3, -0.25) is 0 Å². The number of fused-ring (bicyclic) bond motifs is 3. The van der Waals surface area contributed by atoms with E-state index in [1.165, 1.54) is 16.9 Å². The molecule has 1 N–H and O–H groups in total. The van der Waals surface area contributed by atoms with Gasteiger partial charge in [0.15, 0.2) is 0 Å². The zero-order valence-corrected chi connectivity index (χ0v) is 13.8. The molecule has 0 aromatic carbocycles. The van der Waals surface area contributed by atoms with E-state index >= 15 is 0 Å². The van der Waals surface area contributed by atoms with Crippen molar-refractivity contribution in [2.45, 2.75) is 46.0 Å². The Morgan fingerprint density at radius 1 is 1.45 bits per heavy atom. The van der Waals surface area contributed by atoms with Crippen molar-refractivity contribution in [1.82, 2.24) is 9.97 Å². The van der Waals surface area contributed by atoms with E-state index in [2.05, 4.69) is 22.2 Å². The SMILES string of the molecule is Cc1nc(NCCCC(=O)[O-])c2c3c(sc2n1)C[C@H](C)CC3. The van der Waals surface area contributed by atoms with Gasteiger partial charge in [-0.05, 0) is 50.5 Å². The summed E-state index contributed by atoms with van der Waals surface area (Å²) in [6.07, 6.45) is 4.02. The lowest BCUT2D eigenvalue weighted by molar-refractivity contribution is -0.305. The minimum absolute atomic E-state index is 0.0689. The molecule has 0 fully saturated rings. The average molecular weight is 318 g/mol. The van der Waals surface area contributed by atoms with Crippen molar-refractivity contribution in [1.29, 1.82) is 0 Å². The number of aromatic nitrogens is 2. The molecule has 2 aromatic rings. The van der Waals surface area contributed by atoms with E-state index in [1.54, 1.807) is 11.3 Å². The fraction of sp³-hybridized carbons (Fsp3) is 0.562. The predicted molar refractivity (Wildman–Crippen MR) is 86.1 cm³/mol. The van der Waals surface area contributed by atoms with E-state index < -0.39 is 5.97 Å². The first-order valence-corrected chi connectivity index (χ1v) is 8.59. The maximum absolute atomic E-state index is 10.5. The number of anilines is 1. The van der Waals surface area contributed by atoms with Crippen LogP contribution in [0.1, 0.15) is 42.5 Å². The molecule has 118 valence electrons. The first-order chi connectivity index (χ1) is 10.5. The predicted octanol–water partition coefficient (Wildman–Crippen LogP) is 2.07.